The summed E-state index contributed by atoms with van der Waals surface area (Å²) in [6.07, 6.45) is 7.96. The van der Waals surface area contributed by atoms with E-state index in [4.69, 9.17) is 20.9 Å². The molecular formula is C29H46N6O4. The van der Waals surface area contributed by atoms with Crippen LogP contribution in [0.4, 0.5) is 4.79 Å². The molecule has 39 heavy (non-hydrogen) atoms. The zero-order valence-electron chi connectivity index (χ0n) is 23.8. The lowest BCUT2D eigenvalue weighted by Crippen LogP contribution is -2.55. The molecule has 3 fully saturated rings. The molecule has 0 spiro atoms. The number of nitrogens with two attached hydrogens (primary N) is 2. The van der Waals surface area contributed by atoms with Gasteiger partial charge in [-0.1, -0.05) is 19.4 Å². The second kappa shape index (κ2) is 13.4. The van der Waals surface area contributed by atoms with Crippen molar-refractivity contribution < 1.29 is 19.1 Å². The predicted molar refractivity (Wildman–Crippen MR) is 151 cm³/mol. The summed E-state index contributed by atoms with van der Waals surface area (Å²) in [5.41, 5.74) is 14.0. The van der Waals surface area contributed by atoms with Gasteiger partial charge in [0.2, 0.25) is 5.91 Å². The van der Waals surface area contributed by atoms with E-state index in [1.807, 2.05) is 6.07 Å². The Kier molecular flexibility index (Phi) is 9.96. The Morgan fingerprint density at radius 1 is 1.05 bits per heavy atom. The van der Waals surface area contributed by atoms with Crippen LogP contribution in [0.3, 0.4) is 0 Å². The molecule has 10 nitrogen and oxygen atoms in total. The Morgan fingerprint density at radius 3 is 2.44 bits per heavy atom. The van der Waals surface area contributed by atoms with Gasteiger partial charge in [-0.25, -0.2) is 4.79 Å². The largest absolute Gasteiger partial charge is 0.493 e. The highest BCUT2D eigenvalue weighted by atomic mass is 16.5. The van der Waals surface area contributed by atoms with Crippen molar-refractivity contribution >= 4 is 11.9 Å². The van der Waals surface area contributed by atoms with E-state index in [0.29, 0.717) is 35.7 Å². The van der Waals surface area contributed by atoms with Crippen molar-refractivity contribution in [1.82, 2.24) is 20.0 Å². The van der Waals surface area contributed by atoms with Crippen molar-refractivity contribution in [1.29, 1.82) is 0 Å². The summed E-state index contributed by atoms with van der Waals surface area (Å²) in [4.78, 5) is 32.2. The minimum atomic E-state index is -0.320. The van der Waals surface area contributed by atoms with Crippen LogP contribution in [-0.4, -0.2) is 79.2 Å². The number of unbranched alkanes of at least 4 members (excludes halogenated alkanes) is 1. The highest BCUT2D eigenvalue weighted by Crippen LogP contribution is 2.33. The Hall–Kier alpha value is -2.98. The van der Waals surface area contributed by atoms with Crippen LogP contribution in [0.15, 0.2) is 29.6 Å². The second-order valence-corrected chi connectivity index (χ2v) is 11.3. The molecule has 10 heteroatoms. The van der Waals surface area contributed by atoms with Crippen LogP contribution in [-0.2, 0) is 11.3 Å². The average molecular weight is 543 g/mol. The Labute approximate surface area is 232 Å². The van der Waals surface area contributed by atoms with Crippen LogP contribution >= 0.6 is 0 Å². The molecule has 1 aliphatic carbocycles. The fourth-order valence-corrected chi connectivity index (χ4v) is 6.23. The molecule has 0 aromatic heterocycles. The maximum Gasteiger partial charge on any atom is 0.324 e. The van der Waals surface area contributed by atoms with Crippen molar-refractivity contribution in [3.05, 3.63) is 35.2 Å². The first-order valence-electron chi connectivity index (χ1n) is 14.3. The molecule has 216 valence electrons. The number of carbonyl (C=O) groups excluding carboxylic acids is 2. The van der Waals surface area contributed by atoms with Crippen LogP contribution in [0, 0.1) is 5.92 Å². The van der Waals surface area contributed by atoms with Gasteiger partial charge in [-0.3, -0.25) is 19.5 Å². The quantitative estimate of drug-likeness (QED) is 0.412. The molecule has 1 atom stereocenters. The number of hydrogen-bond acceptors (Lipinski definition) is 8. The first kappa shape index (κ1) is 29.0. The van der Waals surface area contributed by atoms with Gasteiger partial charge < -0.3 is 26.3 Å². The Bertz CT molecular complexity index is 1020. The third-order valence-electron chi connectivity index (χ3n) is 8.46. The van der Waals surface area contributed by atoms with Gasteiger partial charge in [-0.15, -0.1) is 0 Å². The average Bonchev–Trinajstić information content (AvgIpc) is 2.94. The highest BCUT2D eigenvalue weighted by Gasteiger charge is 2.35. The van der Waals surface area contributed by atoms with Crippen LogP contribution in [0.5, 0.6) is 11.5 Å². The summed E-state index contributed by atoms with van der Waals surface area (Å²) in [6, 6.07) is 5.51. The van der Waals surface area contributed by atoms with E-state index < -0.39 is 0 Å². The normalized spacial score (nSPS) is 24.9. The van der Waals surface area contributed by atoms with Crippen molar-refractivity contribution in [2.24, 2.45) is 17.4 Å². The lowest BCUT2D eigenvalue weighted by atomic mass is 9.81. The smallest absolute Gasteiger partial charge is 0.324 e. The molecule has 4 rings (SSSR count). The van der Waals surface area contributed by atoms with Crippen LogP contribution in [0.25, 0.3) is 0 Å². The van der Waals surface area contributed by atoms with Crippen LogP contribution < -0.4 is 26.3 Å². The number of methoxy groups -OCH3 is 2. The molecule has 5 N–H and O–H groups in total. The van der Waals surface area contributed by atoms with E-state index in [9.17, 15) is 9.59 Å². The van der Waals surface area contributed by atoms with Gasteiger partial charge >= 0.3 is 6.03 Å². The fourth-order valence-electron chi connectivity index (χ4n) is 6.23. The zero-order chi connectivity index (χ0) is 27.9. The number of carbonyl (C=O) groups is 2. The summed E-state index contributed by atoms with van der Waals surface area (Å²) in [5.74, 6) is 2.02. The number of nitrogens with one attached hydrogen (secondary N) is 1. The number of rotatable bonds is 10. The van der Waals surface area contributed by atoms with Crippen LogP contribution in [0.2, 0.25) is 0 Å². The monoisotopic (exact) mass is 542 g/mol. The summed E-state index contributed by atoms with van der Waals surface area (Å²) in [5, 5.41) is 3.09. The zero-order valence-corrected chi connectivity index (χ0v) is 23.8. The predicted octanol–water partition coefficient (Wildman–Crippen LogP) is 2.97. The number of imide groups is 1. The van der Waals surface area contributed by atoms with Gasteiger partial charge in [0.05, 0.1) is 33.3 Å². The van der Waals surface area contributed by atoms with E-state index >= 15 is 0 Å². The number of urea groups is 1. The molecular weight excluding hydrogens is 496 g/mol. The summed E-state index contributed by atoms with van der Waals surface area (Å²) >= 11 is 0. The van der Waals surface area contributed by atoms with E-state index in [1.54, 1.807) is 26.4 Å². The van der Waals surface area contributed by atoms with Crippen molar-refractivity contribution in [3.8, 4) is 11.5 Å². The number of ether oxygens (including phenoxy) is 2. The first-order valence-corrected chi connectivity index (χ1v) is 14.3. The summed E-state index contributed by atoms with van der Waals surface area (Å²) < 4.78 is 10.6. The third-order valence-corrected chi connectivity index (χ3v) is 8.46. The summed E-state index contributed by atoms with van der Waals surface area (Å²) in [7, 11) is 3.14. The van der Waals surface area contributed by atoms with E-state index in [2.05, 4.69) is 22.0 Å². The van der Waals surface area contributed by atoms with Gasteiger partial charge in [0.1, 0.15) is 0 Å². The Balaban J connectivity index is 1.27. The molecule has 3 amide bonds. The molecule has 2 aliphatic heterocycles. The lowest BCUT2D eigenvalue weighted by Gasteiger charge is -2.44. The molecule has 0 bridgehead atoms. The third kappa shape index (κ3) is 7.36. The maximum atomic E-state index is 13.0. The topological polar surface area (TPSA) is 126 Å². The molecule has 0 unspecified atom stereocenters. The van der Waals surface area contributed by atoms with Crippen LogP contribution in [0.1, 0.15) is 63.9 Å². The summed E-state index contributed by atoms with van der Waals surface area (Å²) in [6.45, 7) is 6.18. The number of amides is 3. The van der Waals surface area contributed by atoms with Crippen molar-refractivity contribution in [2.45, 2.75) is 76.9 Å². The van der Waals surface area contributed by atoms with Crippen molar-refractivity contribution in [3.63, 3.8) is 0 Å². The van der Waals surface area contributed by atoms with Crippen molar-refractivity contribution in [2.75, 3.05) is 40.5 Å². The van der Waals surface area contributed by atoms with E-state index in [0.717, 1.165) is 69.5 Å². The first-order chi connectivity index (χ1) is 18.8. The molecule has 2 saturated heterocycles. The molecule has 0 radical (unpaired) electrons. The van der Waals surface area contributed by atoms with Gasteiger partial charge in [0.15, 0.2) is 11.5 Å². The standard InChI is InChI=1S/C29H46N6O4/c1-4-5-12-33-17-22(28(30)31)18-34(19-33)24-9-6-20(7-10-24)13-23-15-27(36)35(29(37)32-23)16-21-8-11-25(38-2)26(14-21)39-3/h8,11,14,20,23-24H,4-7,9-10,12-13,15-19,30-31H2,1-3H3,(H,32,37)/t20?,23-,24?/m0/s1. The lowest BCUT2D eigenvalue weighted by molar-refractivity contribution is -0.130. The van der Waals surface area contributed by atoms with E-state index in [1.165, 1.54) is 17.7 Å². The fraction of sp³-hybridized carbons (Fsp3) is 0.655. The van der Waals surface area contributed by atoms with E-state index in [-0.39, 0.29) is 24.5 Å². The minimum absolute atomic E-state index is 0.112. The Morgan fingerprint density at radius 2 is 1.79 bits per heavy atom. The van der Waals surface area contributed by atoms with Gasteiger partial charge in [-0.2, -0.15) is 0 Å². The number of hydrogen-bond donors (Lipinski definition) is 3. The molecule has 3 aliphatic rings. The number of benzene rings is 1. The molecule has 2 heterocycles. The molecule has 1 aromatic carbocycles. The molecule has 1 aromatic rings. The maximum absolute atomic E-state index is 13.0. The number of nitrogens with zero attached hydrogens (tertiary/aromatic N) is 3. The minimum Gasteiger partial charge on any atom is -0.493 e. The second-order valence-electron chi connectivity index (χ2n) is 11.3. The highest BCUT2D eigenvalue weighted by molar-refractivity contribution is 5.97. The van der Waals surface area contributed by atoms with Gasteiger partial charge in [0, 0.05) is 31.6 Å². The SMILES string of the molecule is CCCCN1CC(=C(N)N)CN(C2CCC(C[C@H]3CC(=O)N(Cc4ccc(OC)c(OC)c4)C(=O)N3)CC2)C1. The van der Waals surface area contributed by atoms with Gasteiger partial charge in [-0.05, 0) is 74.3 Å². The van der Waals surface area contributed by atoms with Gasteiger partial charge in [0.25, 0.3) is 0 Å². The molecule has 1 saturated carbocycles.